The Kier molecular flexibility index (Phi) is 3.26. The van der Waals surface area contributed by atoms with Crippen molar-refractivity contribution in [1.82, 2.24) is 20.7 Å². The minimum Gasteiger partial charge on any atom is -0.378 e. The maximum atomic E-state index is 12.0. The number of hydrogen-bond donors (Lipinski definition) is 2. The quantitative estimate of drug-likeness (QED) is 0.858. The number of aromatic amines is 1. The highest BCUT2D eigenvalue weighted by Gasteiger charge is 2.57. The lowest BCUT2D eigenvalue weighted by molar-refractivity contribution is -0.127. The number of nitrogens with zero attached hydrogens (tertiary/aromatic N) is 2. The molecule has 1 aromatic rings. The molecule has 1 amide bonds. The van der Waals surface area contributed by atoms with Crippen LogP contribution in [0.5, 0.6) is 0 Å². The number of rotatable bonds is 4. The van der Waals surface area contributed by atoms with Crippen molar-refractivity contribution in [2.75, 3.05) is 6.61 Å². The predicted octanol–water partition coefficient (Wildman–Crippen LogP) is 1.27. The van der Waals surface area contributed by atoms with Crippen LogP contribution in [-0.4, -0.2) is 40.1 Å². The van der Waals surface area contributed by atoms with E-state index in [1.165, 1.54) is 19.0 Å². The largest absolute Gasteiger partial charge is 0.378 e. The molecule has 19 heavy (non-hydrogen) atoms. The molecule has 2 aliphatic rings. The van der Waals surface area contributed by atoms with Gasteiger partial charge < -0.3 is 10.1 Å². The average molecular weight is 264 g/mol. The summed E-state index contributed by atoms with van der Waals surface area (Å²) in [5, 5.41) is 13.0. The molecule has 1 spiro atoms. The second-order valence-corrected chi connectivity index (χ2v) is 5.50. The first kappa shape index (κ1) is 12.6. The zero-order valence-electron chi connectivity index (χ0n) is 11.2. The van der Waals surface area contributed by atoms with Gasteiger partial charge in [0.2, 0.25) is 0 Å². The van der Waals surface area contributed by atoms with Crippen LogP contribution in [0.25, 0.3) is 0 Å². The number of H-pyrrole nitrogens is 1. The summed E-state index contributed by atoms with van der Waals surface area (Å²) >= 11 is 0. The molecule has 1 heterocycles. The van der Waals surface area contributed by atoms with E-state index < -0.39 is 0 Å². The van der Waals surface area contributed by atoms with Crippen LogP contribution in [0.15, 0.2) is 6.20 Å². The van der Waals surface area contributed by atoms with Gasteiger partial charge in [0.15, 0.2) is 5.69 Å². The average Bonchev–Trinajstić information content (AvgIpc) is 3.09. The molecule has 0 bridgehead atoms. The molecular formula is C13H20N4O2. The first-order valence-electron chi connectivity index (χ1n) is 7.04. The summed E-state index contributed by atoms with van der Waals surface area (Å²) in [7, 11) is 0. The minimum absolute atomic E-state index is 0.139. The fraction of sp³-hybridized carbons (Fsp3) is 0.769. The number of carbonyl (C=O) groups excluding carboxylic acids is 1. The normalized spacial score (nSPS) is 28.3. The van der Waals surface area contributed by atoms with E-state index in [0.717, 1.165) is 25.9 Å². The number of aromatic nitrogens is 3. The van der Waals surface area contributed by atoms with Gasteiger partial charge in [0.05, 0.1) is 12.3 Å². The summed E-state index contributed by atoms with van der Waals surface area (Å²) in [5.74, 6) is -0.139. The van der Waals surface area contributed by atoms with E-state index in [1.807, 2.05) is 6.92 Å². The molecule has 0 radical (unpaired) electrons. The summed E-state index contributed by atoms with van der Waals surface area (Å²) in [4.78, 5) is 12.0. The van der Waals surface area contributed by atoms with Gasteiger partial charge in [-0.3, -0.25) is 4.79 Å². The van der Waals surface area contributed by atoms with E-state index >= 15 is 0 Å². The third-order valence-electron chi connectivity index (χ3n) is 4.64. The molecule has 2 unspecified atom stereocenters. The molecule has 104 valence electrons. The Morgan fingerprint density at radius 2 is 2.37 bits per heavy atom. The summed E-state index contributed by atoms with van der Waals surface area (Å²) in [6.45, 7) is 2.78. The van der Waals surface area contributed by atoms with Crippen LogP contribution in [-0.2, 0) is 4.74 Å². The highest BCUT2D eigenvalue weighted by molar-refractivity contribution is 5.92. The lowest BCUT2D eigenvalue weighted by Crippen LogP contribution is -2.63. The molecule has 0 saturated heterocycles. The first-order valence-corrected chi connectivity index (χ1v) is 7.04. The second-order valence-electron chi connectivity index (χ2n) is 5.50. The topological polar surface area (TPSA) is 79.9 Å². The van der Waals surface area contributed by atoms with E-state index in [1.54, 1.807) is 0 Å². The number of amides is 1. The standard InChI is InChI=1S/C13H20N4O2/c1-2-19-11-7-10(13(11)5-3-4-6-13)15-12(18)9-8-14-17-16-9/h8,10-11H,2-7H2,1H3,(H,15,18)(H,14,16,17). The van der Waals surface area contributed by atoms with Crippen LogP contribution in [0.2, 0.25) is 0 Å². The van der Waals surface area contributed by atoms with Crippen molar-refractivity contribution in [1.29, 1.82) is 0 Å². The first-order chi connectivity index (χ1) is 9.26. The Morgan fingerprint density at radius 1 is 1.58 bits per heavy atom. The van der Waals surface area contributed by atoms with E-state index in [2.05, 4.69) is 20.7 Å². The van der Waals surface area contributed by atoms with Crippen LogP contribution in [0.3, 0.4) is 0 Å². The minimum atomic E-state index is -0.139. The Bertz CT molecular complexity index is 440. The molecule has 2 saturated carbocycles. The lowest BCUT2D eigenvalue weighted by Gasteiger charge is -2.53. The smallest absolute Gasteiger partial charge is 0.273 e. The van der Waals surface area contributed by atoms with Gasteiger partial charge in [-0.05, 0) is 26.2 Å². The monoisotopic (exact) mass is 264 g/mol. The highest BCUT2D eigenvalue weighted by atomic mass is 16.5. The van der Waals surface area contributed by atoms with Gasteiger partial charge in [-0.25, -0.2) is 0 Å². The number of hydrogen-bond acceptors (Lipinski definition) is 4. The number of carbonyl (C=O) groups is 1. The summed E-state index contributed by atoms with van der Waals surface area (Å²) in [6, 6.07) is 0.218. The number of nitrogens with one attached hydrogen (secondary N) is 2. The molecule has 6 nitrogen and oxygen atoms in total. The fourth-order valence-corrected chi connectivity index (χ4v) is 3.63. The molecular weight excluding hydrogens is 244 g/mol. The maximum Gasteiger partial charge on any atom is 0.273 e. The fourth-order valence-electron chi connectivity index (χ4n) is 3.63. The summed E-state index contributed by atoms with van der Waals surface area (Å²) < 4.78 is 5.83. The van der Waals surface area contributed by atoms with E-state index in [9.17, 15) is 4.79 Å². The molecule has 3 rings (SSSR count). The van der Waals surface area contributed by atoms with E-state index in [0.29, 0.717) is 11.8 Å². The van der Waals surface area contributed by atoms with Gasteiger partial charge in [0.1, 0.15) is 0 Å². The Balaban J connectivity index is 1.67. The van der Waals surface area contributed by atoms with Crippen molar-refractivity contribution < 1.29 is 9.53 Å². The molecule has 1 aromatic heterocycles. The van der Waals surface area contributed by atoms with Crippen molar-refractivity contribution in [3.63, 3.8) is 0 Å². The summed E-state index contributed by atoms with van der Waals surface area (Å²) in [5.41, 5.74) is 0.517. The Hall–Kier alpha value is -1.43. The van der Waals surface area contributed by atoms with Crippen molar-refractivity contribution in [3.8, 4) is 0 Å². The van der Waals surface area contributed by atoms with Gasteiger partial charge in [-0.1, -0.05) is 12.8 Å². The van der Waals surface area contributed by atoms with Crippen LogP contribution in [0, 0.1) is 5.41 Å². The molecule has 0 aliphatic heterocycles. The van der Waals surface area contributed by atoms with E-state index in [4.69, 9.17) is 4.74 Å². The van der Waals surface area contributed by atoms with Crippen molar-refractivity contribution in [3.05, 3.63) is 11.9 Å². The number of ether oxygens (including phenoxy) is 1. The zero-order chi connectivity index (χ0) is 13.3. The zero-order valence-corrected chi connectivity index (χ0v) is 11.2. The predicted molar refractivity (Wildman–Crippen MR) is 68.6 cm³/mol. The highest BCUT2D eigenvalue weighted by Crippen LogP contribution is 2.54. The van der Waals surface area contributed by atoms with Crippen LogP contribution in [0.4, 0.5) is 0 Å². The lowest BCUT2D eigenvalue weighted by atomic mass is 9.60. The van der Waals surface area contributed by atoms with Gasteiger partial charge in [0, 0.05) is 18.1 Å². The molecule has 2 N–H and O–H groups in total. The van der Waals surface area contributed by atoms with Gasteiger partial charge in [0.25, 0.3) is 5.91 Å². The molecule has 2 atom stereocenters. The van der Waals surface area contributed by atoms with Crippen molar-refractivity contribution in [2.45, 2.75) is 51.2 Å². The van der Waals surface area contributed by atoms with Gasteiger partial charge in [-0.15, -0.1) is 0 Å². The maximum absolute atomic E-state index is 12.0. The SMILES string of the molecule is CCOC1CC(NC(=O)c2cn[nH]n2)C12CCCC2. The van der Waals surface area contributed by atoms with Crippen molar-refractivity contribution >= 4 is 5.91 Å². The second kappa shape index (κ2) is 4.92. The van der Waals surface area contributed by atoms with Crippen LogP contribution < -0.4 is 5.32 Å². The van der Waals surface area contributed by atoms with Gasteiger partial charge >= 0.3 is 0 Å². The van der Waals surface area contributed by atoms with Gasteiger partial charge in [-0.2, -0.15) is 15.4 Å². The third kappa shape index (κ3) is 2.04. The Labute approximate surface area is 112 Å². The van der Waals surface area contributed by atoms with Crippen LogP contribution in [0.1, 0.15) is 49.5 Å². The Morgan fingerprint density at radius 3 is 3.00 bits per heavy atom. The third-order valence-corrected chi connectivity index (χ3v) is 4.64. The molecule has 6 heteroatoms. The molecule has 0 aromatic carbocycles. The summed E-state index contributed by atoms with van der Waals surface area (Å²) in [6.07, 6.45) is 7.46. The van der Waals surface area contributed by atoms with E-state index in [-0.39, 0.29) is 17.4 Å². The molecule has 2 aliphatic carbocycles. The van der Waals surface area contributed by atoms with Crippen LogP contribution >= 0.6 is 0 Å². The van der Waals surface area contributed by atoms with Crippen molar-refractivity contribution in [2.24, 2.45) is 5.41 Å². The molecule has 2 fully saturated rings.